The van der Waals surface area contributed by atoms with E-state index in [1.54, 1.807) is 0 Å². The Bertz CT molecular complexity index is 1100. The summed E-state index contributed by atoms with van der Waals surface area (Å²) < 4.78 is 16.8. The molecule has 0 radical (unpaired) electrons. The molecule has 2 saturated heterocycles. The Labute approximate surface area is 195 Å². The lowest BCUT2D eigenvalue weighted by Crippen LogP contribution is -2.56. The van der Waals surface area contributed by atoms with Crippen LogP contribution in [0, 0.1) is 0 Å². The van der Waals surface area contributed by atoms with Gasteiger partial charge < -0.3 is 24.2 Å². The Kier molecular flexibility index (Phi) is 5.65. The molecule has 34 heavy (non-hydrogen) atoms. The number of fused-ring (bicyclic) bond motifs is 4. The van der Waals surface area contributed by atoms with Gasteiger partial charge in [-0.2, -0.15) is 0 Å². The van der Waals surface area contributed by atoms with E-state index in [1.807, 2.05) is 13.8 Å². The predicted molar refractivity (Wildman–Crippen MR) is 118 cm³/mol. The summed E-state index contributed by atoms with van der Waals surface area (Å²) in [6, 6.07) is -0.615. The van der Waals surface area contributed by atoms with Crippen LogP contribution in [0.3, 0.4) is 0 Å². The number of nitrogens with one attached hydrogen (secondary N) is 1. The van der Waals surface area contributed by atoms with Gasteiger partial charge in [0.15, 0.2) is 17.4 Å². The van der Waals surface area contributed by atoms with E-state index in [0.717, 1.165) is 19.4 Å². The first kappa shape index (κ1) is 22.2. The topological polar surface area (TPSA) is 152 Å². The van der Waals surface area contributed by atoms with Gasteiger partial charge in [-0.05, 0) is 26.7 Å². The number of rotatable bonds is 5. The van der Waals surface area contributed by atoms with E-state index in [-0.39, 0.29) is 42.1 Å². The maximum absolute atomic E-state index is 13.2. The SMILES string of the molecule is CC1(C)OC[C@H](COc2cnc(NC(=O)N3c4nc(C(=O)O)ncc4N4CCC[C@H]3C4)cn2)O1. The molecule has 13 heteroatoms. The fraction of sp³-hybridized carbons (Fsp3) is 0.524. The third-order valence-corrected chi connectivity index (χ3v) is 5.84. The fourth-order valence-electron chi connectivity index (χ4n) is 4.34. The Morgan fingerprint density at radius 2 is 2.12 bits per heavy atom. The molecule has 2 fully saturated rings. The van der Waals surface area contributed by atoms with Gasteiger partial charge in [-0.15, -0.1) is 0 Å². The standard InChI is InChI=1S/C21H25N7O6/c1-21(2)33-11-13(34-21)10-32-16-8-22-15(7-23-16)25-20(31)28-12-4-3-5-27(9-12)14-6-24-17(19(29)30)26-18(14)28/h6-8,12-13H,3-5,9-11H2,1-2H3,(H,29,30)(H,22,25,31)/t12-,13-/m0/s1. The number of carboxylic acid groups (broad SMARTS) is 1. The molecular formula is C21H25N7O6. The van der Waals surface area contributed by atoms with Crippen LogP contribution < -0.4 is 19.9 Å². The van der Waals surface area contributed by atoms with Crippen molar-refractivity contribution < 1.29 is 28.9 Å². The van der Waals surface area contributed by atoms with E-state index >= 15 is 0 Å². The second-order valence-electron chi connectivity index (χ2n) is 8.75. The summed E-state index contributed by atoms with van der Waals surface area (Å²) in [6.07, 6.45) is 5.73. The summed E-state index contributed by atoms with van der Waals surface area (Å²) in [7, 11) is 0. The zero-order chi connectivity index (χ0) is 23.9. The van der Waals surface area contributed by atoms with Gasteiger partial charge in [0.05, 0.1) is 36.9 Å². The number of hydrogen-bond acceptors (Lipinski definition) is 10. The Morgan fingerprint density at radius 3 is 2.82 bits per heavy atom. The minimum Gasteiger partial charge on any atom is -0.475 e. The molecule has 3 aliphatic rings. The van der Waals surface area contributed by atoms with E-state index < -0.39 is 17.8 Å². The highest BCUT2D eigenvalue weighted by Crippen LogP contribution is 2.37. The highest BCUT2D eigenvalue weighted by molar-refractivity contribution is 6.04. The van der Waals surface area contributed by atoms with Crippen molar-refractivity contribution in [3.63, 3.8) is 0 Å². The first-order valence-corrected chi connectivity index (χ1v) is 11.0. The molecule has 2 N–H and O–H groups in total. The molecule has 2 atom stereocenters. The number of aromatic carboxylic acids is 1. The number of carbonyl (C=O) groups is 2. The zero-order valence-corrected chi connectivity index (χ0v) is 18.8. The fourth-order valence-corrected chi connectivity index (χ4v) is 4.34. The molecule has 5 heterocycles. The average molecular weight is 471 g/mol. The smallest absolute Gasteiger partial charge is 0.374 e. The number of hydrogen-bond donors (Lipinski definition) is 2. The van der Waals surface area contributed by atoms with Crippen molar-refractivity contribution in [1.82, 2.24) is 19.9 Å². The maximum atomic E-state index is 13.2. The monoisotopic (exact) mass is 471 g/mol. The van der Waals surface area contributed by atoms with Gasteiger partial charge >= 0.3 is 12.0 Å². The van der Waals surface area contributed by atoms with Crippen LogP contribution in [0.2, 0.25) is 0 Å². The molecule has 2 aromatic heterocycles. The van der Waals surface area contributed by atoms with Crippen molar-refractivity contribution >= 4 is 29.3 Å². The number of nitrogens with zero attached hydrogens (tertiary/aromatic N) is 6. The molecule has 2 amide bonds. The van der Waals surface area contributed by atoms with Crippen LogP contribution in [0.15, 0.2) is 18.6 Å². The van der Waals surface area contributed by atoms with Crippen molar-refractivity contribution in [2.24, 2.45) is 0 Å². The van der Waals surface area contributed by atoms with Gasteiger partial charge in [-0.1, -0.05) is 0 Å². The molecule has 0 spiro atoms. The van der Waals surface area contributed by atoms with Crippen LogP contribution in [0.4, 0.5) is 22.1 Å². The number of amides is 2. The average Bonchev–Trinajstić information content (AvgIpc) is 3.17. The quantitative estimate of drug-likeness (QED) is 0.653. The summed E-state index contributed by atoms with van der Waals surface area (Å²) in [4.78, 5) is 44.7. The molecule has 0 aliphatic carbocycles. The molecule has 180 valence electrons. The second kappa shape index (κ2) is 8.65. The lowest BCUT2D eigenvalue weighted by molar-refractivity contribution is -0.141. The van der Waals surface area contributed by atoms with E-state index in [4.69, 9.17) is 14.2 Å². The number of anilines is 3. The molecule has 0 aromatic carbocycles. The summed E-state index contributed by atoms with van der Waals surface area (Å²) in [5.41, 5.74) is 0.632. The normalized spacial score (nSPS) is 22.8. The number of carboxylic acids is 1. The number of piperidine rings is 1. The Morgan fingerprint density at radius 1 is 1.26 bits per heavy atom. The lowest BCUT2D eigenvalue weighted by Gasteiger charge is -2.45. The van der Waals surface area contributed by atoms with Gasteiger partial charge in [0, 0.05) is 13.1 Å². The summed E-state index contributed by atoms with van der Waals surface area (Å²) >= 11 is 0. The maximum Gasteiger partial charge on any atom is 0.374 e. The minimum atomic E-state index is -1.26. The minimum absolute atomic E-state index is 0.147. The van der Waals surface area contributed by atoms with Crippen molar-refractivity contribution in [3.8, 4) is 5.88 Å². The van der Waals surface area contributed by atoms with E-state index in [0.29, 0.717) is 18.8 Å². The third kappa shape index (κ3) is 4.43. The molecule has 2 aromatic rings. The molecule has 2 bridgehead atoms. The van der Waals surface area contributed by atoms with Crippen molar-refractivity contribution in [1.29, 1.82) is 0 Å². The first-order chi connectivity index (χ1) is 16.3. The lowest BCUT2D eigenvalue weighted by atomic mass is 10.0. The highest BCUT2D eigenvalue weighted by atomic mass is 16.7. The molecular weight excluding hydrogens is 446 g/mol. The second-order valence-corrected chi connectivity index (χ2v) is 8.75. The molecule has 0 saturated carbocycles. The summed E-state index contributed by atoms with van der Waals surface area (Å²) in [5.74, 6) is -1.46. The number of aromatic nitrogens is 4. The van der Waals surface area contributed by atoms with Crippen LogP contribution in [-0.4, -0.2) is 81.3 Å². The van der Waals surface area contributed by atoms with Crippen LogP contribution in [-0.2, 0) is 9.47 Å². The molecule has 3 aliphatic heterocycles. The Balaban J connectivity index is 1.28. The van der Waals surface area contributed by atoms with E-state index in [2.05, 4.69) is 30.2 Å². The van der Waals surface area contributed by atoms with Gasteiger partial charge in [0.2, 0.25) is 11.7 Å². The number of urea groups is 1. The summed E-state index contributed by atoms with van der Waals surface area (Å²) in [5, 5.41) is 12.0. The van der Waals surface area contributed by atoms with Gasteiger partial charge in [0.25, 0.3) is 0 Å². The van der Waals surface area contributed by atoms with Crippen LogP contribution in [0.25, 0.3) is 0 Å². The van der Waals surface area contributed by atoms with Gasteiger partial charge in [-0.3, -0.25) is 10.2 Å². The van der Waals surface area contributed by atoms with Crippen LogP contribution in [0.5, 0.6) is 5.88 Å². The van der Waals surface area contributed by atoms with E-state index in [9.17, 15) is 14.7 Å². The van der Waals surface area contributed by atoms with Crippen molar-refractivity contribution in [2.75, 3.05) is 41.4 Å². The molecule has 5 rings (SSSR count). The molecule has 0 unspecified atom stereocenters. The van der Waals surface area contributed by atoms with Crippen molar-refractivity contribution in [2.45, 2.75) is 44.6 Å². The van der Waals surface area contributed by atoms with E-state index in [1.165, 1.54) is 23.5 Å². The van der Waals surface area contributed by atoms with Crippen LogP contribution in [0.1, 0.15) is 37.3 Å². The summed E-state index contributed by atoms with van der Waals surface area (Å²) in [6.45, 7) is 5.79. The number of ether oxygens (including phenoxy) is 3. The van der Waals surface area contributed by atoms with Gasteiger partial charge in [0.1, 0.15) is 12.7 Å². The zero-order valence-electron chi connectivity index (χ0n) is 18.8. The van der Waals surface area contributed by atoms with Crippen molar-refractivity contribution in [3.05, 3.63) is 24.4 Å². The Hall–Kier alpha value is -3.58. The molecule has 13 nitrogen and oxygen atoms in total. The first-order valence-electron chi connectivity index (χ1n) is 11.0. The largest absolute Gasteiger partial charge is 0.475 e. The number of carbonyl (C=O) groups excluding carboxylic acids is 1. The van der Waals surface area contributed by atoms with Gasteiger partial charge in [-0.25, -0.2) is 29.5 Å². The van der Waals surface area contributed by atoms with Crippen LogP contribution >= 0.6 is 0 Å². The third-order valence-electron chi connectivity index (χ3n) is 5.84. The predicted octanol–water partition coefficient (Wildman–Crippen LogP) is 1.52. The highest BCUT2D eigenvalue weighted by Gasteiger charge is 2.39.